The Morgan fingerprint density at radius 1 is 1.21 bits per heavy atom. The number of pyridine rings is 2. The number of hydrogen-bond donors (Lipinski definition) is 3. The maximum Gasteiger partial charge on any atom is 0.272 e. The lowest BCUT2D eigenvalue weighted by molar-refractivity contribution is -0.120. The lowest BCUT2D eigenvalue weighted by Gasteiger charge is -2.23. The Balaban J connectivity index is 1.61. The Hall–Kier alpha value is -2.83. The van der Waals surface area contributed by atoms with Gasteiger partial charge in [-0.05, 0) is 55.9 Å². The molecule has 0 radical (unpaired) electrons. The summed E-state index contributed by atoms with van der Waals surface area (Å²) in [6.45, 7) is 4.87. The Morgan fingerprint density at radius 2 is 1.97 bits per heavy atom. The number of nitrogens with zero attached hydrogens (tertiary/aromatic N) is 2. The molecule has 7 heteroatoms. The second-order valence-corrected chi connectivity index (χ2v) is 7.95. The number of amides is 1. The average Bonchev–Trinajstić information content (AvgIpc) is 2.70. The maximum atomic E-state index is 12.9. The van der Waals surface area contributed by atoms with E-state index in [0.29, 0.717) is 23.8 Å². The van der Waals surface area contributed by atoms with Crippen molar-refractivity contribution < 1.29 is 4.79 Å². The third-order valence-corrected chi connectivity index (χ3v) is 5.73. The van der Waals surface area contributed by atoms with Gasteiger partial charge in [-0.15, -0.1) is 0 Å². The molecule has 1 aliphatic rings. The van der Waals surface area contributed by atoms with Crippen LogP contribution in [0.25, 0.3) is 0 Å². The van der Waals surface area contributed by atoms with Crippen LogP contribution >= 0.6 is 0 Å². The van der Waals surface area contributed by atoms with E-state index in [2.05, 4.69) is 15.7 Å². The number of carbonyl (C=O) groups is 1. The fraction of sp³-hybridized carbons (Fsp3) is 0.500. The summed E-state index contributed by atoms with van der Waals surface area (Å²) in [7, 11) is 0. The number of nitrogens with two attached hydrogens (primary N) is 1. The third-order valence-electron chi connectivity index (χ3n) is 5.73. The molecule has 0 atom stereocenters. The highest BCUT2D eigenvalue weighted by Crippen LogP contribution is 2.22. The van der Waals surface area contributed by atoms with Crippen molar-refractivity contribution in [3.63, 3.8) is 0 Å². The Labute approximate surface area is 171 Å². The van der Waals surface area contributed by atoms with Gasteiger partial charge in [0.2, 0.25) is 5.91 Å². The van der Waals surface area contributed by atoms with Gasteiger partial charge in [0.1, 0.15) is 5.82 Å². The van der Waals surface area contributed by atoms with Crippen LogP contribution in [-0.4, -0.2) is 22.1 Å². The molecule has 3 rings (SSSR count). The number of rotatable bonds is 7. The Bertz CT molecular complexity index is 916. The van der Waals surface area contributed by atoms with Gasteiger partial charge in [-0.2, -0.15) is 0 Å². The van der Waals surface area contributed by atoms with E-state index in [1.54, 1.807) is 12.3 Å². The van der Waals surface area contributed by atoms with Crippen LogP contribution in [0.1, 0.15) is 54.5 Å². The lowest BCUT2D eigenvalue weighted by Crippen LogP contribution is -2.36. The van der Waals surface area contributed by atoms with Crippen molar-refractivity contribution in [1.82, 2.24) is 15.0 Å². The van der Waals surface area contributed by atoms with Crippen LogP contribution in [0.4, 0.5) is 5.82 Å². The maximum absolute atomic E-state index is 12.9. The highest BCUT2D eigenvalue weighted by molar-refractivity contribution is 5.78. The molecule has 0 aliphatic heterocycles. The van der Waals surface area contributed by atoms with E-state index in [9.17, 15) is 9.59 Å². The molecule has 2 aromatic heterocycles. The second-order valence-electron chi connectivity index (χ2n) is 7.95. The molecular weight excluding hydrogens is 366 g/mol. The van der Waals surface area contributed by atoms with E-state index in [4.69, 9.17) is 5.73 Å². The molecule has 0 bridgehead atoms. The molecule has 7 nitrogen and oxygen atoms in total. The third kappa shape index (κ3) is 5.59. The zero-order chi connectivity index (χ0) is 20.8. The smallest absolute Gasteiger partial charge is 0.272 e. The van der Waals surface area contributed by atoms with Crippen molar-refractivity contribution in [2.24, 2.45) is 5.92 Å². The van der Waals surface area contributed by atoms with Crippen molar-refractivity contribution in [1.29, 1.82) is 0 Å². The largest absolute Gasteiger partial charge is 0.384 e. The van der Waals surface area contributed by atoms with E-state index in [1.165, 1.54) is 36.8 Å². The number of nitrogen functional groups attached to an aromatic ring is 1. The van der Waals surface area contributed by atoms with Crippen molar-refractivity contribution in [3.05, 3.63) is 57.1 Å². The van der Waals surface area contributed by atoms with E-state index in [0.717, 1.165) is 23.4 Å². The van der Waals surface area contributed by atoms with Gasteiger partial charge in [0.05, 0.1) is 6.42 Å². The van der Waals surface area contributed by atoms with Gasteiger partial charge < -0.3 is 16.5 Å². The summed E-state index contributed by atoms with van der Waals surface area (Å²) in [6, 6.07) is 5.45. The Kier molecular flexibility index (Phi) is 6.90. The molecule has 1 amide bonds. The van der Waals surface area contributed by atoms with Crippen molar-refractivity contribution in [3.8, 4) is 0 Å². The van der Waals surface area contributed by atoms with Gasteiger partial charge in [-0.1, -0.05) is 25.3 Å². The highest BCUT2D eigenvalue weighted by Gasteiger charge is 2.15. The molecule has 2 heterocycles. The van der Waals surface area contributed by atoms with Gasteiger partial charge in [0, 0.05) is 30.5 Å². The van der Waals surface area contributed by atoms with E-state index < -0.39 is 0 Å². The highest BCUT2D eigenvalue weighted by atomic mass is 16.2. The molecule has 0 spiro atoms. The first-order valence-corrected chi connectivity index (χ1v) is 10.4. The van der Waals surface area contributed by atoms with Crippen LogP contribution in [0.3, 0.4) is 0 Å². The van der Waals surface area contributed by atoms with Crippen LogP contribution in [-0.2, 0) is 17.8 Å². The molecule has 2 aromatic rings. The van der Waals surface area contributed by atoms with Gasteiger partial charge in [0.25, 0.3) is 5.56 Å². The zero-order valence-corrected chi connectivity index (χ0v) is 17.3. The molecule has 1 aliphatic carbocycles. The normalized spacial score (nSPS) is 14.6. The molecule has 29 heavy (non-hydrogen) atoms. The first-order valence-electron chi connectivity index (χ1n) is 10.4. The van der Waals surface area contributed by atoms with Crippen molar-refractivity contribution in [2.45, 2.75) is 58.9 Å². The summed E-state index contributed by atoms with van der Waals surface area (Å²) in [4.78, 5) is 29.5. The fourth-order valence-electron chi connectivity index (χ4n) is 3.84. The second kappa shape index (κ2) is 9.58. The van der Waals surface area contributed by atoms with Gasteiger partial charge >= 0.3 is 0 Å². The molecular formula is C22H31N5O2. The van der Waals surface area contributed by atoms with E-state index in [1.807, 2.05) is 26.0 Å². The van der Waals surface area contributed by atoms with Gasteiger partial charge in [0.15, 0.2) is 0 Å². The molecule has 0 aromatic carbocycles. The van der Waals surface area contributed by atoms with Gasteiger partial charge in [-0.25, -0.2) is 9.66 Å². The molecule has 4 N–H and O–H groups in total. The zero-order valence-electron chi connectivity index (χ0n) is 17.3. The predicted molar refractivity (Wildman–Crippen MR) is 115 cm³/mol. The number of nitrogens with one attached hydrogen (secondary N) is 2. The number of anilines is 1. The molecule has 156 valence electrons. The number of aryl methyl sites for hydroxylation is 2. The number of carbonyl (C=O) groups excluding carboxylic acids is 1. The number of hydrogen-bond acceptors (Lipinski definition) is 5. The summed E-state index contributed by atoms with van der Waals surface area (Å²) in [5.41, 5.74) is 11.8. The summed E-state index contributed by atoms with van der Waals surface area (Å²) in [6.07, 6.45) is 8.08. The van der Waals surface area contributed by atoms with E-state index in [-0.39, 0.29) is 17.9 Å². The van der Waals surface area contributed by atoms with Crippen LogP contribution in [0.15, 0.2) is 29.2 Å². The molecule has 0 saturated heterocycles. The number of aromatic nitrogens is 2. The monoisotopic (exact) mass is 397 g/mol. The minimum atomic E-state index is -0.188. The predicted octanol–water partition coefficient (Wildman–Crippen LogP) is 2.43. The summed E-state index contributed by atoms with van der Waals surface area (Å²) in [5, 5.41) is 2.88. The first-order chi connectivity index (χ1) is 13.9. The first kappa shape index (κ1) is 20.9. The SMILES string of the molecule is Cc1ccn(NCC2CCCCC2)c(=O)c1CC(=O)NCc1ccc(N)nc1C. The van der Waals surface area contributed by atoms with Gasteiger partial charge in [-0.3, -0.25) is 9.59 Å². The van der Waals surface area contributed by atoms with Crippen LogP contribution in [0.2, 0.25) is 0 Å². The topological polar surface area (TPSA) is 102 Å². The molecule has 0 unspecified atom stereocenters. The van der Waals surface area contributed by atoms with Crippen LogP contribution in [0, 0.1) is 19.8 Å². The standard InChI is InChI=1S/C22H31N5O2/c1-15-10-11-27(25-13-17-6-4-3-5-7-17)22(29)19(15)12-21(28)24-14-18-8-9-20(23)26-16(18)2/h8-11,17,25H,3-7,12-14H2,1-2H3,(H2,23,26)(H,24,28). The van der Waals surface area contributed by atoms with Crippen molar-refractivity contribution >= 4 is 11.7 Å². The summed E-state index contributed by atoms with van der Waals surface area (Å²) >= 11 is 0. The minimum Gasteiger partial charge on any atom is -0.384 e. The molecule has 1 saturated carbocycles. The summed E-state index contributed by atoms with van der Waals surface area (Å²) in [5.74, 6) is 0.880. The quantitative estimate of drug-likeness (QED) is 0.666. The fourth-order valence-corrected chi connectivity index (χ4v) is 3.84. The van der Waals surface area contributed by atoms with E-state index >= 15 is 0 Å². The Morgan fingerprint density at radius 3 is 2.69 bits per heavy atom. The van der Waals surface area contributed by atoms with Crippen LogP contribution in [0.5, 0.6) is 0 Å². The van der Waals surface area contributed by atoms with Crippen molar-refractivity contribution in [2.75, 3.05) is 17.7 Å². The average molecular weight is 398 g/mol. The minimum absolute atomic E-state index is 0.0536. The summed E-state index contributed by atoms with van der Waals surface area (Å²) < 4.78 is 1.53. The lowest BCUT2D eigenvalue weighted by atomic mass is 9.89. The van der Waals surface area contributed by atoms with Crippen LogP contribution < -0.4 is 22.0 Å². The molecule has 1 fully saturated rings.